The highest BCUT2D eigenvalue weighted by Crippen LogP contribution is 2.47. The molecule has 0 spiro atoms. The van der Waals surface area contributed by atoms with E-state index in [1.54, 1.807) is 24.3 Å². The van der Waals surface area contributed by atoms with Crippen LogP contribution in [0.15, 0.2) is 60.7 Å². The number of hydrogen-bond donors (Lipinski definition) is 6. The van der Waals surface area contributed by atoms with Gasteiger partial charge in [-0.15, -0.1) is 0 Å². The van der Waals surface area contributed by atoms with E-state index in [1.807, 2.05) is 19.9 Å². The molecule has 6 rings (SSSR count). The van der Waals surface area contributed by atoms with Gasteiger partial charge >= 0.3 is 11.9 Å². The smallest absolute Gasteiger partial charge is 0.323 e. The molecule has 0 aliphatic heterocycles. The van der Waals surface area contributed by atoms with Gasteiger partial charge in [-0.25, -0.2) is 0 Å². The molecule has 0 bridgehead atoms. The van der Waals surface area contributed by atoms with Crippen LogP contribution in [0.3, 0.4) is 0 Å². The first-order valence-corrected chi connectivity index (χ1v) is 19.9. The summed E-state index contributed by atoms with van der Waals surface area (Å²) in [4.78, 5) is 23.0. The van der Waals surface area contributed by atoms with Gasteiger partial charge in [-0.2, -0.15) is 0 Å². The summed E-state index contributed by atoms with van der Waals surface area (Å²) in [6.45, 7) is 4.01. The maximum atomic E-state index is 11.6. The van der Waals surface area contributed by atoms with E-state index in [2.05, 4.69) is 41.0 Å². The predicted molar refractivity (Wildman–Crippen MR) is 216 cm³/mol. The minimum atomic E-state index is -1.15. The molecule has 2 aliphatic rings. The predicted octanol–water partition coefficient (Wildman–Crippen LogP) is 7.05. The molecule has 4 atom stereocenters. The third kappa shape index (κ3) is 9.60. The van der Waals surface area contributed by atoms with Crippen LogP contribution >= 0.6 is 23.2 Å². The highest BCUT2D eigenvalue weighted by molar-refractivity contribution is 6.32. The molecule has 0 fully saturated rings. The Morgan fingerprint density at radius 2 is 1.16 bits per heavy atom. The number of fused-ring (bicyclic) bond motifs is 2. The third-order valence-electron chi connectivity index (χ3n) is 10.4. The van der Waals surface area contributed by atoms with Crippen molar-refractivity contribution in [1.29, 1.82) is 0 Å². The van der Waals surface area contributed by atoms with Crippen molar-refractivity contribution in [2.24, 2.45) is 0 Å². The number of aliphatic hydroxyl groups excluding tert-OH is 2. The zero-order chi connectivity index (χ0) is 40.6. The summed E-state index contributed by atoms with van der Waals surface area (Å²) < 4.78 is 25.0. The van der Waals surface area contributed by atoms with E-state index in [9.17, 15) is 30.0 Å². The molecule has 304 valence electrons. The van der Waals surface area contributed by atoms with Crippen molar-refractivity contribution in [2.45, 2.75) is 83.3 Å². The van der Waals surface area contributed by atoms with E-state index in [0.29, 0.717) is 57.4 Å². The van der Waals surface area contributed by atoms with Gasteiger partial charge in [-0.1, -0.05) is 59.6 Å². The van der Waals surface area contributed by atoms with E-state index in [4.69, 9.17) is 42.1 Å². The maximum absolute atomic E-state index is 11.6. The number of benzene rings is 4. The molecule has 0 amide bonds. The van der Waals surface area contributed by atoms with Crippen molar-refractivity contribution in [1.82, 2.24) is 10.6 Å². The number of nitrogens with one attached hydrogen (secondary N) is 2. The van der Waals surface area contributed by atoms with Crippen LogP contribution in [-0.4, -0.2) is 70.9 Å². The Morgan fingerprint density at radius 1 is 0.702 bits per heavy atom. The minimum absolute atomic E-state index is 0.0721. The molecule has 4 aromatic rings. The van der Waals surface area contributed by atoms with Crippen LogP contribution in [0.25, 0.3) is 11.1 Å². The van der Waals surface area contributed by atoms with Gasteiger partial charge in [-0.05, 0) is 91.5 Å². The second-order valence-corrected chi connectivity index (χ2v) is 14.7. The van der Waals surface area contributed by atoms with Crippen LogP contribution in [-0.2, 0) is 35.5 Å². The number of carbonyl (C=O) groups is 2. The summed E-state index contributed by atoms with van der Waals surface area (Å²) in [5.74, 6) is -0.209. The van der Waals surface area contributed by atoms with E-state index < -0.39 is 30.6 Å². The lowest BCUT2D eigenvalue weighted by molar-refractivity contribution is -0.141. The van der Waals surface area contributed by atoms with Gasteiger partial charge in [0, 0.05) is 43.0 Å². The van der Waals surface area contributed by atoms with Crippen LogP contribution in [0.2, 0.25) is 10.0 Å². The molecule has 0 aromatic heterocycles. The molecule has 14 heteroatoms. The Balaban J connectivity index is 1.21. The average molecular weight is 824 g/mol. The lowest BCUT2D eigenvalue weighted by Crippen LogP contribution is -2.39. The fraction of sp³-hybridized carbons (Fsp3) is 0.395. The molecular formula is C43H48Cl2N2O10. The van der Waals surface area contributed by atoms with E-state index in [0.717, 1.165) is 47.9 Å². The number of carboxylic acids is 2. The fourth-order valence-corrected chi connectivity index (χ4v) is 8.08. The van der Waals surface area contributed by atoms with Gasteiger partial charge in [0.05, 0.1) is 29.9 Å². The average Bonchev–Trinajstić information content (AvgIpc) is 3.80. The van der Waals surface area contributed by atoms with Gasteiger partial charge in [-0.3, -0.25) is 14.9 Å². The Morgan fingerprint density at radius 3 is 1.56 bits per heavy atom. The molecule has 0 saturated carbocycles. The molecule has 0 saturated heterocycles. The number of aliphatic carboxylic acids is 2. The van der Waals surface area contributed by atoms with Gasteiger partial charge in [0.1, 0.15) is 47.3 Å². The monoisotopic (exact) mass is 822 g/mol. The summed E-state index contributed by atoms with van der Waals surface area (Å²) in [6.07, 6.45) is 2.69. The quantitative estimate of drug-likeness (QED) is 0.0537. The Labute approximate surface area is 341 Å². The highest BCUT2D eigenvalue weighted by atomic mass is 35.5. The summed E-state index contributed by atoms with van der Waals surface area (Å²) in [5, 5.41) is 44.1. The number of hydrogen-bond acceptors (Lipinski definition) is 10. The van der Waals surface area contributed by atoms with Crippen molar-refractivity contribution in [2.75, 3.05) is 26.4 Å². The largest absolute Gasteiger partial charge is 0.493 e. The second-order valence-electron chi connectivity index (χ2n) is 13.9. The van der Waals surface area contributed by atoms with Crippen LogP contribution in [0.5, 0.6) is 23.0 Å². The maximum Gasteiger partial charge on any atom is 0.323 e. The number of rotatable bonds is 20. The van der Waals surface area contributed by atoms with E-state index >= 15 is 0 Å². The second kappa shape index (κ2) is 19.3. The Hall–Kier alpha value is -4.56. The molecule has 0 unspecified atom stereocenters. The van der Waals surface area contributed by atoms with Gasteiger partial charge in [0.15, 0.2) is 0 Å². The van der Waals surface area contributed by atoms with Crippen molar-refractivity contribution < 1.29 is 49.0 Å². The molecule has 0 heterocycles. The first kappa shape index (κ1) is 42.1. The van der Waals surface area contributed by atoms with Crippen LogP contribution in [0.1, 0.15) is 78.7 Å². The molecule has 6 N–H and O–H groups in total. The highest BCUT2D eigenvalue weighted by Gasteiger charge is 2.32. The molecule has 4 aromatic carbocycles. The molecule has 2 aliphatic carbocycles. The summed E-state index contributed by atoms with van der Waals surface area (Å²) in [5.41, 5.74) is 8.21. The van der Waals surface area contributed by atoms with Gasteiger partial charge in [0.2, 0.25) is 0 Å². The number of aliphatic hydroxyl groups is 2. The fourth-order valence-electron chi connectivity index (χ4n) is 7.62. The zero-order valence-electron chi connectivity index (χ0n) is 31.9. The molecule has 12 nitrogen and oxygen atoms in total. The van der Waals surface area contributed by atoms with Crippen LogP contribution in [0, 0.1) is 0 Å². The third-order valence-corrected chi connectivity index (χ3v) is 11.0. The topological polar surface area (TPSA) is 176 Å². The van der Waals surface area contributed by atoms with Crippen LogP contribution < -0.4 is 29.6 Å². The molecular weight excluding hydrogens is 775 g/mol. The Bertz CT molecular complexity index is 2080. The lowest BCUT2D eigenvalue weighted by atomic mass is 9.91. The van der Waals surface area contributed by atoms with Crippen molar-refractivity contribution in [3.63, 3.8) is 0 Å². The standard InChI is InChI=1S/C43H48Cl2N2O10/c1-3-54-38-19-40(32(44)17-24(38)21-46-34(15-16-48)42(50)51)56-36-13-11-28-26(7-5-9-30(28)36)27-8-6-10-31-29(27)12-14-37(31)57-41-20-39(55-4-2)25(18-33(41)45)22-47-35(23-49)43(52)53/h5-10,17-20,34-37,46-49H,3-4,11-16,21-23H2,1-2H3,(H,50,51)(H,52,53)/t34-,35-,36-,37-/m0/s1. The lowest BCUT2D eigenvalue weighted by Gasteiger charge is -2.21. The van der Waals surface area contributed by atoms with Gasteiger partial charge in [0.25, 0.3) is 0 Å². The normalized spacial score (nSPS) is 16.7. The summed E-state index contributed by atoms with van der Waals surface area (Å²) >= 11 is 13.5. The summed E-state index contributed by atoms with van der Waals surface area (Å²) in [6, 6.07) is 17.5. The molecule has 0 radical (unpaired) electrons. The minimum Gasteiger partial charge on any atom is -0.493 e. The number of ether oxygens (including phenoxy) is 4. The summed E-state index contributed by atoms with van der Waals surface area (Å²) in [7, 11) is 0. The first-order chi connectivity index (χ1) is 27.6. The van der Waals surface area contributed by atoms with Crippen LogP contribution in [0.4, 0.5) is 0 Å². The number of halogens is 2. The first-order valence-electron chi connectivity index (χ1n) is 19.2. The van der Waals surface area contributed by atoms with E-state index in [1.165, 1.54) is 11.1 Å². The Kier molecular flexibility index (Phi) is 14.2. The van der Waals surface area contributed by atoms with Crippen molar-refractivity contribution >= 4 is 35.1 Å². The van der Waals surface area contributed by atoms with Crippen molar-refractivity contribution in [3.05, 3.63) is 104 Å². The van der Waals surface area contributed by atoms with Gasteiger partial charge < -0.3 is 44.7 Å². The number of carboxylic acid groups (broad SMARTS) is 2. The van der Waals surface area contributed by atoms with E-state index in [-0.39, 0.29) is 38.3 Å². The molecule has 57 heavy (non-hydrogen) atoms. The zero-order valence-corrected chi connectivity index (χ0v) is 33.4. The van der Waals surface area contributed by atoms with Crippen molar-refractivity contribution in [3.8, 4) is 34.1 Å². The SMILES string of the molecule is CCOc1cc(O[C@H]2CCc3c(-c4cccc5c4CC[C@@H]5Oc4cc(OCC)c(CN[C@@H](CCO)C(=O)O)cc4Cl)cccc32)c(Cl)cc1CN[C@@H](CO)C(=O)O.